The molecule has 0 spiro atoms. The maximum Gasteiger partial charge on any atom is 0.238 e. The molecule has 0 saturated heterocycles. The fourth-order valence-corrected chi connectivity index (χ4v) is 8.09. The predicted octanol–water partition coefficient (Wildman–Crippen LogP) is 5.93. The Hall–Kier alpha value is -5.06. The SMILES string of the molecule is COc1ccccc1C(O)(c1ccccc1OC)[C@@H](C)N(C(=O)C1(C(N)=O)CCCCC1)[C@H](C)C(O)(c1ccccc1OC)c1ccccc1OC. The van der Waals surface area contributed by atoms with Crippen LogP contribution < -0.4 is 24.7 Å². The Bertz CT molecular complexity index is 1660. The van der Waals surface area contributed by atoms with Gasteiger partial charge in [0.25, 0.3) is 0 Å². The Balaban J connectivity index is 1.90. The van der Waals surface area contributed by atoms with E-state index in [0.717, 1.165) is 6.42 Å². The lowest BCUT2D eigenvalue weighted by Gasteiger charge is -2.52. The van der Waals surface area contributed by atoms with Crippen LogP contribution in [0.3, 0.4) is 0 Å². The first-order valence-corrected chi connectivity index (χ1v) is 17.6. The van der Waals surface area contributed by atoms with Gasteiger partial charge in [-0.25, -0.2) is 0 Å². The van der Waals surface area contributed by atoms with Crippen molar-refractivity contribution < 1.29 is 38.7 Å². The summed E-state index contributed by atoms with van der Waals surface area (Å²) in [5, 5.41) is 27.1. The van der Waals surface area contributed by atoms with Gasteiger partial charge in [0.15, 0.2) is 0 Å². The van der Waals surface area contributed by atoms with Crippen molar-refractivity contribution in [1.82, 2.24) is 4.90 Å². The summed E-state index contributed by atoms with van der Waals surface area (Å²) in [4.78, 5) is 30.7. The van der Waals surface area contributed by atoms with Crippen molar-refractivity contribution in [2.45, 2.75) is 69.2 Å². The van der Waals surface area contributed by atoms with Crippen LogP contribution in [-0.4, -0.2) is 67.5 Å². The van der Waals surface area contributed by atoms with Crippen molar-refractivity contribution in [3.63, 3.8) is 0 Å². The van der Waals surface area contributed by atoms with Crippen LogP contribution in [0, 0.1) is 5.41 Å². The summed E-state index contributed by atoms with van der Waals surface area (Å²) in [5.74, 6) is 0.0678. The van der Waals surface area contributed by atoms with E-state index in [1.807, 2.05) is 0 Å². The van der Waals surface area contributed by atoms with Gasteiger partial charge < -0.3 is 39.8 Å². The van der Waals surface area contributed by atoms with Crippen LogP contribution in [0.1, 0.15) is 68.2 Å². The number of hydrogen-bond donors (Lipinski definition) is 3. The van der Waals surface area contributed by atoms with Gasteiger partial charge in [-0.2, -0.15) is 0 Å². The smallest absolute Gasteiger partial charge is 0.238 e. The summed E-state index contributed by atoms with van der Waals surface area (Å²) < 4.78 is 23.3. The Morgan fingerprint density at radius 1 is 0.596 bits per heavy atom. The molecule has 10 nitrogen and oxygen atoms in total. The largest absolute Gasteiger partial charge is 0.496 e. The van der Waals surface area contributed by atoms with Crippen LogP contribution in [0.2, 0.25) is 0 Å². The number of nitrogens with zero attached hydrogens (tertiary/aromatic N) is 1. The molecule has 2 amide bonds. The summed E-state index contributed by atoms with van der Waals surface area (Å²) in [5.41, 5.74) is 1.87. The highest BCUT2D eigenvalue weighted by atomic mass is 16.5. The number of nitrogens with two attached hydrogens (primary N) is 1. The van der Waals surface area contributed by atoms with E-state index < -0.39 is 40.5 Å². The minimum atomic E-state index is -2.04. The van der Waals surface area contributed by atoms with Crippen molar-refractivity contribution in [1.29, 1.82) is 0 Å². The third kappa shape index (κ3) is 6.34. The van der Waals surface area contributed by atoms with Crippen LogP contribution in [0.4, 0.5) is 0 Å². The van der Waals surface area contributed by atoms with Crippen LogP contribution in [-0.2, 0) is 20.8 Å². The second-order valence-corrected chi connectivity index (χ2v) is 13.4. The fourth-order valence-electron chi connectivity index (χ4n) is 8.09. The Labute approximate surface area is 306 Å². The van der Waals surface area contributed by atoms with Crippen molar-refractivity contribution in [2.24, 2.45) is 11.1 Å². The number of rotatable bonds is 14. The third-order valence-electron chi connectivity index (χ3n) is 10.9. The number of carbonyl (C=O) groups excluding carboxylic acids is 2. The van der Waals surface area contributed by atoms with Crippen LogP contribution >= 0.6 is 0 Å². The summed E-state index contributed by atoms with van der Waals surface area (Å²) >= 11 is 0. The van der Waals surface area contributed by atoms with Crippen LogP contribution in [0.5, 0.6) is 23.0 Å². The number of para-hydroxylation sites is 4. The lowest BCUT2D eigenvalue weighted by molar-refractivity contribution is -0.167. The molecule has 0 radical (unpaired) electrons. The summed E-state index contributed by atoms with van der Waals surface area (Å²) in [7, 11) is 6.02. The summed E-state index contributed by atoms with van der Waals surface area (Å²) in [6.45, 7) is 3.41. The van der Waals surface area contributed by atoms with Gasteiger partial charge in [-0.15, -0.1) is 0 Å². The molecule has 0 aromatic heterocycles. The van der Waals surface area contributed by atoms with Crippen LogP contribution in [0.15, 0.2) is 97.1 Å². The zero-order valence-electron chi connectivity index (χ0n) is 30.8. The molecule has 1 aliphatic carbocycles. The molecule has 52 heavy (non-hydrogen) atoms. The first-order chi connectivity index (χ1) is 25.0. The molecule has 0 aliphatic heterocycles. The van der Waals surface area contributed by atoms with Gasteiger partial charge in [0.2, 0.25) is 11.8 Å². The van der Waals surface area contributed by atoms with Crippen molar-refractivity contribution in [2.75, 3.05) is 28.4 Å². The van der Waals surface area contributed by atoms with Gasteiger partial charge in [-0.05, 0) is 51.0 Å². The van der Waals surface area contributed by atoms with Crippen LogP contribution in [0.25, 0.3) is 0 Å². The van der Waals surface area contributed by atoms with Gasteiger partial charge in [0.1, 0.15) is 39.6 Å². The lowest BCUT2D eigenvalue weighted by Crippen LogP contribution is -2.65. The number of primary amides is 1. The maximum absolute atomic E-state index is 15.7. The van der Waals surface area contributed by atoms with Crippen molar-refractivity contribution in [3.8, 4) is 23.0 Å². The molecule has 0 heterocycles. The quantitative estimate of drug-likeness (QED) is 0.137. The number of benzene rings is 4. The molecule has 4 aromatic rings. The normalized spacial score (nSPS) is 15.5. The minimum Gasteiger partial charge on any atom is -0.496 e. The molecule has 0 bridgehead atoms. The standard InChI is InChI=1S/C42H50N2O8/c1-28(41(47,30-18-8-12-22-34(30)49-3)31-19-9-13-23-35(31)50-4)44(39(46)40(38(43)45)26-16-7-17-27-40)29(2)42(48,32-20-10-14-24-36(32)51-5)33-21-11-15-25-37(33)52-6/h8-15,18-25,28-29,47-48H,7,16-17,26-27H2,1-6H3,(H2,43,45)/t28-,29-/m1/s1. The number of methoxy groups -OCH3 is 4. The summed E-state index contributed by atoms with van der Waals surface area (Å²) in [6, 6.07) is 25.6. The van der Waals surface area contributed by atoms with E-state index in [4.69, 9.17) is 24.7 Å². The second kappa shape index (κ2) is 15.7. The van der Waals surface area contributed by atoms with E-state index in [1.165, 1.54) is 33.3 Å². The van der Waals surface area contributed by atoms with Gasteiger partial charge in [-0.1, -0.05) is 92.1 Å². The van der Waals surface area contributed by atoms with Crippen molar-refractivity contribution >= 4 is 11.8 Å². The van der Waals surface area contributed by atoms with E-state index in [1.54, 1.807) is 111 Å². The molecular formula is C42H50N2O8. The van der Waals surface area contributed by atoms with Gasteiger partial charge in [0.05, 0.1) is 40.5 Å². The summed E-state index contributed by atoms with van der Waals surface area (Å²) in [6.07, 6.45) is 2.50. The lowest BCUT2D eigenvalue weighted by atomic mass is 9.69. The van der Waals surface area contributed by atoms with E-state index in [9.17, 15) is 15.0 Å². The van der Waals surface area contributed by atoms with E-state index in [-0.39, 0.29) is 12.8 Å². The highest BCUT2D eigenvalue weighted by Gasteiger charge is 2.57. The molecule has 0 unspecified atom stereocenters. The van der Waals surface area contributed by atoms with E-state index in [2.05, 4.69) is 0 Å². The fraction of sp³-hybridized carbons (Fsp3) is 0.381. The number of carbonyl (C=O) groups is 2. The monoisotopic (exact) mass is 710 g/mol. The van der Waals surface area contributed by atoms with E-state index >= 15 is 4.79 Å². The molecule has 4 N–H and O–H groups in total. The Kier molecular flexibility index (Phi) is 11.5. The predicted molar refractivity (Wildman–Crippen MR) is 198 cm³/mol. The Morgan fingerprint density at radius 2 is 0.885 bits per heavy atom. The topological polar surface area (TPSA) is 141 Å². The molecule has 4 aromatic carbocycles. The molecule has 5 rings (SSSR count). The minimum absolute atomic E-state index is 0.223. The molecule has 1 fully saturated rings. The number of amides is 2. The van der Waals surface area contributed by atoms with Crippen molar-refractivity contribution in [3.05, 3.63) is 119 Å². The number of aliphatic hydroxyl groups is 2. The van der Waals surface area contributed by atoms with E-state index in [0.29, 0.717) is 58.1 Å². The van der Waals surface area contributed by atoms with Gasteiger partial charge in [-0.3, -0.25) is 9.59 Å². The maximum atomic E-state index is 15.7. The first kappa shape index (κ1) is 38.2. The highest BCUT2D eigenvalue weighted by molar-refractivity contribution is 6.05. The molecule has 2 atom stereocenters. The second-order valence-electron chi connectivity index (χ2n) is 13.4. The zero-order chi connectivity index (χ0) is 37.7. The average Bonchev–Trinajstić information content (AvgIpc) is 3.20. The average molecular weight is 711 g/mol. The van der Waals surface area contributed by atoms with Gasteiger partial charge >= 0.3 is 0 Å². The number of hydrogen-bond acceptors (Lipinski definition) is 8. The zero-order valence-corrected chi connectivity index (χ0v) is 30.8. The molecule has 10 heteroatoms. The first-order valence-electron chi connectivity index (χ1n) is 17.6. The molecular weight excluding hydrogens is 660 g/mol. The molecule has 1 saturated carbocycles. The molecule has 1 aliphatic rings. The third-order valence-corrected chi connectivity index (χ3v) is 10.9. The highest BCUT2D eigenvalue weighted by Crippen LogP contribution is 2.50. The Morgan fingerprint density at radius 3 is 1.15 bits per heavy atom. The molecule has 276 valence electrons. The number of ether oxygens (including phenoxy) is 4. The van der Waals surface area contributed by atoms with Gasteiger partial charge in [0, 0.05) is 22.3 Å².